The molecule has 1 aromatic carbocycles. The Bertz CT molecular complexity index is 1590. The zero-order valence-corrected chi connectivity index (χ0v) is 24.3. The molecule has 2 aromatic heterocycles. The number of hydrogen-bond acceptors (Lipinski definition) is 6. The maximum Gasteiger partial charge on any atom is 0.253 e. The number of rotatable bonds is 6. The molecule has 15 heteroatoms. The summed E-state index contributed by atoms with van der Waals surface area (Å²) in [5, 5.41) is 7.04. The van der Waals surface area contributed by atoms with E-state index in [2.05, 4.69) is 15.4 Å². The molecule has 3 aliphatic rings. The van der Waals surface area contributed by atoms with Gasteiger partial charge in [0.25, 0.3) is 11.8 Å². The summed E-state index contributed by atoms with van der Waals surface area (Å²) in [5.41, 5.74) is 8.56. The minimum absolute atomic E-state index is 0.0411. The summed E-state index contributed by atoms with van der Waals surface area (Å²) < 4.78 is 71.2. The molecular formula is C29H31ClF5N7O2. The van der Waals surface area contributed by atoms with Crippen molar-refractivity contribution in [2.75, 3.05) is 31.9 Å². The molecular weight excluding hydrogens is 609 g/mol. The molecule has 3 fully saturated rings. The van der Waals surface area contributed by atoms with Crippen LogP contribution in [-0.4, -0.2) is 86.4 Å². The van der Waals surface area contributed by atoms with Gasteiger partial charge in [-0.3, -0.25) is 14.5 Å². The number of carbonyl (C=O) groups excluding carboxylic acids is 2. The fourth-order valence-electron chi connectivity index (χ4n) is 6.35. The monoisotopic (exact) mass is 639 g/mol. The molecule has 3 N–H and O–H groups in total. The second-order valence-corrected chi connectivity index (χ2v) is 12.3. The molecule has 0 spiro atoms. The number of halogens is 6. The highest BCUT2D eigenvalue weighted by molar-refractivity contribution is 6.34. The van der Waals surface area contributed by atoms with Crippen LogP contribution in [0.5, 0.6) is 0 Å². The quantitative estimate of drug-likeness (QED) is 0.383. The van der Waals surface area contributed by atoms with Crippen LogP contribution in [0.25, 0.3) is 16.8 Å². The molecule has 2 aliphatic heterocycles. The number of likely N-dealkylation sites (tertiary alicyclic amines) is 2. The van der Waals surface area contributed by atoms with Crippen LogP contribution in [0, 0.1) is 5.92 Å². The Labute approximate surface area is 254 Å². The lowest BCUT2D eigenvalue weighted by atomic mass is 10.0. The van der Waals surface area contributed by atoms with Gasteiger partial charge in [0.15, 0.2) is 5.82 Å². The predicted molar refractivity (Wildman–Crippen MR) is 152 cm³/mol. The zero-order chi connectivity index (χ0) is 31.4. The van der Waals surface area contributed by atoms with Crippen LogP contribution in [0.15, 0.2) is 30.6 Å². The summed E-state index contributed by atoms with van der Waals surface area (Å²) in [4.78, 5) is 33.3. The second-order valence-electron chi connectivity index (χ2n) is 11.9. The van der Waals surface area contributed by atoms with Gasteiger partial charge in [-0.15, -0.1) is 0 Å². The molecule has 1 unspecified atom stereocenters. The van der Waals surface area contributed by atoms with E-state index in [1.807, 2.05) is 11.0 Å². The number of piperidine rings is 1. The van der Waals surface area contributed by atoms with Crippen molar-refractivity contribution in [3.8, 4) is 11.3 Å². The highest BCUT2D eigenvalue weighted by atomic mass is 35.5. The van der Waals surface area contributed by atoms with Crippen LogP contribution in [-0.2, 0) is 11.3 Å². The number of carbonyl (C=O) groups is 2. The third-order valence-corrected chi connectivity index (χ3v) is 9.11. The number of nitrogens with zero attached hydrogens (tertiary/aromatic N) is 5. The van der Waals surface area contributed by atoms with Crippen LogP contribution in [0.1, 0.15) is 48.0 Å². The van der Waals surface area contributed by atoms with Crippen LogP contribution in [0.3, 0.4) is 0 Å². The van der Waals surface area contributed by atoms with Gasteiger partial charge in [-0.2, -0.15) is 5.10 Å². The van der Waals surface area contributed by atoms with E-state index in [0.29, 0.717) is 23.3 Å². The van der Waals surface area contributed by atoms with Crippen molar-refractivity contribution in [1.82, 2.24) is 29.7 Å². The summed E-state index contributed by atoms with van der Waals surface area (Å²) in [7, 11) is 0. The van der Waals surface area contributed by atoms with E-state index >= 15 is 0 Å². The van der Waals surface area contributed by atoms with Crippen molar-refractivity contribution in [3.63, 3.8) is 0 Å². The molecule has 44 heavy (non-hydrogen) atoms. The maximum atomic E-state index is 14.9. The lowest BCUT2D eigenvalue weighted by Crippen LogP contribution is -2.42. The average molecular weight is 640 g/mol. The minimum atomic E-state index is -2.90. The molecule has 1 aliphatic carbocycles. The lowest BCUT2D eigenvalue weighted by molar-refractivity contribution is -0.135. The highest BCUT2D eigenvalue weighted by Crippen LogP contribution is 2.40. The highest BCUT2D eigenvalue weighted by Gasteiger charge is 2.46. The molecule has 4 heterocycles. The number of alkyl halides is 5. The van der Waals surface area contributed by atoms with Crippen molar-refractivity contribution >= 4 is 34.7 Å². The first-order valence-corrected chi connectivity index (χ1v) is 14.8. The van der Waals surface area contributed by atoms with Crippen LogP contribution in [0.2, 0.25) is 5.02 Å². The number of benzene rings is 1. The summed E-state index contributed by atoms with van der Waals surface area (Å²) in [6.45, 7) is 0.326. The van der Waals surface area contributed by atoms with Gasteiger partial charge in [0.2, 0.25) is 11.8 Å². The standard InChI is InChI=1S/C29H31ClF5N7O2/c30-20-2-1-16(23-10-18(24-25(36)37-15-38-42(23)24)12-40-7-5-28(32,33)6-8-40)9-19(20)26(43)39-22-14-41(13-21(22)31)27(44)17-3-4-29(34,35)11-17/h1-2,9-10,15,17,21-22H,3-8,11-14H2,(H,39,43)(H2,36,37,38)/t17?,21-,22+/m0/s1. The van der Waals surface area contributed by atoms with Crippen LogP contribution >= 0.6 is 11.6 Å². The van der Waals surface area contributed by atoms with Gasteiger partial charge in [-0.1, -0.05) is 17.7 Å². The SMILES string of the molecule is Nc1ncnn2c(-c3ccc(Cl)c(C(=O)N[C@@H]4CN(C(=O)C5CCC(F)(F)C5)C[C@@H]4F)c3)cc(CN3CCC(F)(F)CC3)c12. The normalized spacial score (nSPS) is 25.0. The smallest absolute Gasteiger partial charge is 0.253 e. The number of aromatic nitrogens is 3. The largest absolute Gasteiger partial charge is 0.382 e. The van der Waals surface area contributed by atoms with Gasteiger partial charge in [0, 0.05) is 63.3 Å². The van der Waals surface area contributed by atoms with Crippen LogP contribution < -0.4 is 11.1 Å². The number of fused-ring (bicyclic) bond motifs is 1. The Balaban J connectivity index is 1.21. The van der Waals surface area contributed by atoms with E-state index in [0.717, 1.165) is 5.56 Å². The second kappa shape index (κ2) is 11.4. The van der Waals surface area contributed by atoms with E-state index in [9.17, 15) is 31.5 Å². The molecule has 3 atom stereocenters. The molecule has 6 rings (SSSR count). The molecule has 0 radical (unpaired) electrons. The number of nitrogens with one attached hydrogen (secondary N) is 1. The van der Waals surface area contributed by atoms with Gasteiger partial charge in [-0.05, 0) is 30.2 Å². The van der Waals surface area contributed by atoms with Gasteiger partial charge < -0.3 is 16.0 Å². The molecule has 2 amide bonds. The minimum Gasteiger partial charge on any atom is -0.382 e. The van der Waals surface area contributed by atoms with Crippen molar-refractivity contribution in [3.05, 3.63) is 46.7 Å². The molecule has 2 saturated heterocycles. The Kier molecular flexibility index (Phi) is 7.93. The van der Waals surface area contributed by atoms with Gasteiger partial charge >= 0.3 is 0 Å². The number of amides is 2. The number of nitrogen functional groups attached to an aromatic ring is 1. The topological polar surface area (TPSA) is 109 Å². The van der Waals surface area contributed by atoms with E-state index in [4.69, 9.17) is 17.3 Å². The first kappa shape index (κ1) is 30.5. The Hall–Kier alpha value is -3.52. The maximum absolute atomic E-state index is 14.9. The number of hydrogen-bond donors (Lipinski definition) is 2. The average Bonchev–Trinajstić information content (AvgIpc) is 3.65. The van der Waals surface area contributed by atoms with Crippen molar-refractivity contribution in [2.24, 2.45) is 5.92 Å². The number of anilines is 1. The fraction of sp³-hybridized carbons (Fsp3) is 0.517. The first-order chi connectivity index (χ1) is 20.8. The van der Waals surface area contributed by atoms with E-state index in [-0.39, 0.29) is 68.3 Å². The van der Waals surface area contributed by atoms with Crippen LogP contribution in [0.4, 0.5) is 27.8 Å². The van der Waals surface area contributed by atoms with Crippen molar-refractivity contribution in [2.45, 2.75) is 62.7 Å². The Morgan fingerprint density at radius 2 is 1.82 bits per heavy atom. The Morgan fingerprint density at radius 3 is 2.52 bits per heavy atom. The third kappa shape index (κ3) is 6.06. The summed E-state index contributed by atoms with van der Waals surface area (Å²) in [5.74, 6) is -7.46. The summed E-state index contributed by atoms with van der Waals surface area (Å²) in [6.07, 6.45) is -1.68. The van der Waals surface area contributed by atoms with E-state index in [1.54, 1.807) is 10.6 Å². The molecule has 9 nitrogen and oxygen atoms in total. The fourth-order valence-corrected chi connectivity index (χ4v) is 6.56. The van der Waals surface area contributed by atoms with Crippen molar-refractivity contribution in [1.29, 1.82) is 0 Å². The van der Waals surface area contributed by atoms with E-state index in [1.165, 1.54) is 23.4 Å². The van der Waals surface area contributed by atoms with Gasteiger partial charge in [0.05, 0.1) is 28.9 Å². The summed E-state index contributed by atoms with van der Waals surface area (Å²) >= 11 is 6.38. The molecule has 0 bridgehead atoms. The molecule has 1 saturated carbocycles. The molecule has 3 aromatic rings. The Morgan fingerprint density at radius 1 is 1.07 bits per heavy atom. The molecule has 236 valence electrons. The van der Waals surface area contributed by atoms with Crippen molar-refractivity contribution < 1.29 is 31.5 Å². The lowest BCUT2D eigenvalue weighted by Gasteiger charge is -2.31. The number of nitrogens with two attached hydrogens (primary N) is 1. The van der Waals surface area contributed by atoms with E-state index < -0.39 is 48.2 Å². The van der Waals surface area contributed by atoms with Gasteiger partial charge in [0.1, 0.15) is 18.0 Å². The van der Waals surface area contributed by atoms with Gasteiger partial charge in [-0.25, -0.2) is 31.5 Å². The zero-order valence-electron chi connectivity index (χ0n) is 23.6. The predicted octanol–water partition coefficient (Wildman–Crippen LogP) is 4.58. The summed E-state index contributed by atoms with van der Waals surface area (Å²) in [6, 6.07) is 5.48. The third-order valence-electron chi connectivity index (χ3n) is 8.78. The first-order valence-electron chi connectivity index (χ1n) is 14.4.